The quantitative estimate of drug-likeness (QED) is 0.167. The Balaban J connectivity index is 1.35. The summed E-state index contributed by atoms with van der Waals surface area (Å²) in [7, 11) is 1.45. The van der Waals surface area contributed by atoms with Gasteiger partial charge in [0.1, 0.15) is 0 Å². The maximum absolute atomic E-state index is 13.7. The third-order valence-electron chi connectivity index (χ3n) is 7.41. The molecule has 7 heteroatoms. The van der Waals surface area contributed by atoms with Gasteiger partial charge in [-0.3, -0.25) is 4.79 Å². The molecule has 1 aromatic heterocycles. The molecular formula is C33H30ClF2NO2S. The minimum Gasteiger partial charge on any atom is -0.469 e. The molecule has 1 aliphatic rings. The first-order valence-electron chi connectivity index (χ1n) is 13.3. The van der Waals surface area contributed by atoms with Crippen molar-refractivity contribution in [2.75, 3.05) is 12.9 Å². The zero-order valence-corrected chi connectivity index (χ0v) is 23.8. The predicted octanol–water partition coefficient (Wildman–Crippen LogP) is 9.09. The fourth-order valence-electron chi connectivity index (χ4n) is 4.81. The van der Waals surface area contributed by atoms with E-state index in [1.54, 1.807) is 12.1 Å². The number of carbonyl (C=O) groups is 1. The minimum absolute atomic E-state index is 0.0298. The molecule has 1 heterocycles. The van der Waals surface area contributed by atoms with Crippen LogP contribution in [0.5, 0.6) is 0 Å². The van der Waals surface area contributed by atoms with E-state index in [9.17, 15) is 13.6 Å². The molecular weight excluding hydrogens is 548 g/mol. The lowest BCUT2D eigenvalue weighted by Crippen LogP contribution is -2.14. The maximum atomic E-state index is 13.7. The van der Waals surface area contributed by atoms with Gasteiger partial charge in [0.05, 0.1) is 24.7 Å². The number of carbonyl (C=O) groups excluding carboxylic acids is 1. The summed E-state index contributed by atoms with van der Waals surface area (Å²) in [5.74, 6) is -1.04. The number of methoxy groups -OCH3 is 1. The Kier molecular flexibility index (Phi) is 8.87. The Morgan fingerprint density at radius 3 is 2.62 bits per heavy atom. The van der Waals surface area contributed by atoms with Crippen LogP contribution in [-0.4, -0.2) is 23.8 Å². The molecule has 1 saturated carbocycles. The Morgan fingerprint density at radius 1 is 1.05 bits per heavy atom. The van der Waals surface area contributed by atoms with Crippen LogP contribution >= 0.6 is 23.4 Å². The first-order chi connectivity index (χ1) is 19.3. The van der Waals surface area contributed by atoms with Gasteiger partial charge in [0, 0.05) is 27.5 Å². The molecule has 0 saturated heterocycles. The summed E-state index contributed by atoms with van der Waals surface area (Å²) in [5, 5.41) is 1.55. The van der Waals surface area contributed by atoms with Crippen LogP contribution in [0.25, 0.3) is 23.1 Å². The lowest BCUT2D eigenvalue weighted by molar-refractivity contribution is -0.141. The molecule has 3 aromatic carbocycles. The van der Waals surface area contributed by atoms with Gasteiger partial charge < -0.3 is 4.74 Å². The van der Waals surface area contributed by atoms with E-state index in [-0.39, 0.29) is 16.6 Å². The van der Waals surface area contributed by atoms with E-state index >= 15 is 0 Å². The number of fused-ring (bicyclic) bond motifs is 1. The van der Waals surface area contributed by atoms with Crippen LogP contribution in [0.2, 0.25) is 5.02 Å². The van der Waals surface area contributed by atoms with Crippen LogP contribution < -0.4 is 0 Å². The number of rotatable bonds is 11. The van der Waals surface area contributed by atoms with Gasteiger partial charge in [-0.15, -0.1) is 0 Å². The molecule has 0 unspecified atom stereocenters. The molecule has 1 fully saturated rings. The largest absolute Gasteiger partial charge is 0.469 e. The second-order valence-corrected chi connectivity index (χ2v) is 12.0. The normalized spacial score (nSPS) is 14.9. The van der Waals surface area contributed by atoms with Gasteiger partial charge in [-0.25, -0.2) is 13.8 Å². The van der Waals surface area contributed by atoms with Crippen molar-refractivity contribution in [1.29, 1.82) is 0 Å². The van der Waals surface area contributed by atoms with Crippen molar-refractivity contribution in [3.63, 3.8) is 0 Å². The molecule has 40 heavy (non-hydrogen) atoms. The first kappa shape index (κ1) is 28.3. The molecule has 206 valence electrons. The number of halogens is 3. The van der Waals surface area contributed by atoms with Crippen molar-refractivity contribution in [3.05, 3.63) is 112 Å². The molecule has 0 radical (unpaired) electrons. The third-order valence-corrected chi connectivity index (χ3v) is 9.47. The van der Waals surface area contributed by atoms with Gasteiger partial charge in [-0.05, 0) is 72.1 Å². The van der Waals surface area contributed by atoms with Crippen LogP contribution in [0.4, 0.5) is 8.78 Å². The zero-order valence-electron chi connectivity index (χ0n) is 22.2. The number of thioether (sulfide) groups is 1. The first-order valence-corrected chi connectivity index (χ1v) is 14.7. The van der Waals surface area contributed by atoms with Crippen LogP contribution in [0.3, 0.4) is 0 Å². The van der Waals surface area contributed by atoms with E-state index in [1.165, 1.54) is 12.7 Å². The molecule has 4 aromatic rings. The van der Waals surface area contributed by atoms with E-state index in [0.717, 1.165) is 59.7 Å². The summed E-state index contributed by atoms with van der Waals surface area (Å²) in [4.78, 5) is 16.4. The van der Waals surface area contributed by atoms with Gasteiger partial charge in [0.15, 0.2) is 11.6 Å². The zero-order chi connectivity index (χ0) is 28.1. The van der Waals surface area contributed by atoms with Crippen LogP contribution in [-0.2, 0) is 16.0 Å². The summed E-state index contributed by atoms with van der Waals surface area (Å²) in [6.45, 7) is 0. The third kappa shape index (κ3) is 7.10. The van der Waals surface area contributed by atoms with Gasteiger partial charge in [-0.1, -0.05) is 66.2 Å². The number of hydrogen-bond acceptors (Lipinski definition) is 4. The summed E-state index contributed by atoms with van der Waals surface area (Å²) in [6, 6.07) is 22.2. The average Bonchev–Trinajstić information content (AvgIpc) is 3.72. The molecule has 5 rings (SSSR count). The highest BCUT2D eigenvalue weighted by Gasteiger charge is 2.45. The van der Waals surface area contributed by atoms with Crippen molar-refractivity contribution >= 4 is 52.4 Å². The van der Waals surface area contributed by atoms with Crippen molar-refractivity contribution in [2.24, 2.45) is 5.41 Å². The number of ether oxygens (including phenoxy) is 1. The van der Waals surface area contributed by atoms with E-state index in [1.807, 2.05) is 54.2 Å². The number of aromatic nitrogens is 1. The fraction of sp³-hybridized carbons (Fsp3) is 0.273. The summed E-state index contributed by atoms with van der Waals surface area (Å²) in [5.41, 5.74) is 4.45. The van der Waals surface area contributed by atoms with Gasteiger partial charge in [0.25, 0.3) is 0 Å². The predicted molar refractivity (Wildman–Crippen MR) is 160 cm³/mol. The highest BCUT2D eigenvalue weighted by atomic mass is 35.5. The molecule has 1 aliphatic carbocycles. The number of nitrogens with zero attached hydrogens (tertiary/aromatic N) is 1. The Labute approximate surface area is 242 Å². The van der Waals surface area contributed by atoms with E-state index in [2.05, 4.69) is 23.2 Å². The number of esters is 1. The number of aryl methyl sites for hydroxylation is 1. The molecule has 0 bridgehead atoms. The van der Waals surface area contributed by atoms with Gasteiger partial charge in [0.2, 0.25) is 0 Å². The summed E-state index contributed by atoms with van der Waals surface area (Å²) < 4.78 is 32.2. The van der Waals surface area contributed by atoms with Crippen molar-refractivity contribution in [3.8, 4) is 0 Å². The molecule has 0 amide bonds. The molecule has 3 nitrogen and oxygen atoms in total. The number of hydrogen-bond donors (Lipinski definition) is 0. The summed E-state index contributed by atoms with van der Waals surface area (Å²) >= 11 is 8.35. The van der Waals surface area contributed by atoms with Gasteiger partial charge >= 0.3 is 5.97 Å². The molecule has 1 atom stereocenters. The standard InChI is InChI=1S/C33H30ClF2NO2S/c1-39-32(38)20-33(15-16-33)21-40-31(14-11-23-6-2-3-8-27(23)34)25-7-4-5-22(17-25)9-12-26-13-10-24-18-28(35)29(36)19-30(24)37-26/h2-10,12-13,17-19,31H,11,14-16,20-21H2,1H3/t31-/m1/s1. The smallest absolute Gasteiger partial charge is 0.306 e. The SMILES string of the molecule is COC(=O)CC1(CS[C@H](CCc2ccccc2Cl)c2cccc(C=Cc3ccc4cc(F)c(F)cc4n3)c2)CC1. The minimum atomic E-state index is -0.909. The van der Waals surface area contributed by atoms with E-state index in [0.29, 0.717) is 23.0 Å². The maximum Gasteiger partial charge on any atom is 0.306 e. The van der Waals surface area contributed by atoms with Crippen molar-refractivity contribution < 1.29 is 18.3 Å². The summed E-state index contributed by atoms with van der Waals surface area (Å²) in [6.07, 6.45) is 8.17. The number of benzene rings is 3. The van der Waals surface area contributed by atoms with Gasteiger partial charge in [-0.2, -0.15) is 11.8 Å². The molecule has 0 aliphatic heterocycles. The Morgan fingerprint density at radius 2 is 1.85 bits per heavy atom. The van der Waals surface area contributed by atoms with Crippen molar-refractivity contribution in [2.45, 2.75) is 37.4 Å². The second kappa shape index (κ2) is 12.5. The van der Waals surface area contributed by atoms with E-state index < -0.39 is 11.6 Å². The molecule has 0 N–H and O–H groups in total. The monoisotopic (exact) mass is 577 g/mol. The lowest BCUT2D eigenvalue weighted by Gasteiger charge is -2.21. The average molecular weight is 578 g/mol. The number of pyridine rings is 1. The fourth-order valence-corrected chi connectivity index (χ4v) is 6.61. The van der Waals surface area contributed by atoms with E-state index in [4.69, 9.17) is 16.3 Å². The lowest BCUT2D eigenvalue weighted by atomic mass is 10.0. The molecule has 0 spiro atoms. The Bertz CT molecular complexity index is 1550. The van der Waals surface area contributed by atoms with Crippen molar-refractivity contribution in [1.82, 2.24) is 4.98 Å². The second-order valence-electron chi connectivity index (χ2n) is 10.4. The van der Waals surface area contributed by atoms with Crippen LogP contribution in [0.1, 0.15) is 53.3 Å². The topological polar surface area (TPSA) is 39.2 Å². The highest BCUT2D eigenvalue weighted by molar-refractivity contribution is 7.99. The Hall–Kier alpha value is -3.22. The van der Waals surface area contributed by atoms with Crippen LogP contribution in [0.15, 0.2) is 72.8 Å². The van der Waals surface area contributed by atoms with Crippen LogP contribution in [0, 0.1) is 17.0 Å². The highest BCUT2D eigenvalue weighted by Crippen LogP contribution is 2.53.